The number of fused-ring (bicyclic) bond motifs is 2. The van der Waals surface area contributed by atoms with Crippen LogP contribution in [-0.2, 0) is 27.9 Å². The molecule has 12 nitrogen and oxygen atoms in total. The van der Waals surface area contributed by atoms with Gasteiger partial charge in [-0.1, -0.05) is 27.7 Å². The Hall–Kier alpha value is -1.82. The molecule has 0 saturated carbocycles. The Kier molecular flexibility index (Phi) is 6.93. The van der Waals surface area contributed by atoms with E-state index in [9.17, 15) is 9.36 Å². The maximum Gasteiger partial charge on any atom is 0.406 e. The summed E-state index contributed by atoms with van der Waals surface area (Å²) in [5.74, 6) is -0.389. The molecule has 2 aromatic rings. The van der Waals surface area contributed by atoms with Gasteiger partial charge in [-0.15, -0.1) is 11.6 Å². The summed E-state index contributed by atoms with van der Waals surface area (Å²) in [7, 11) is -3.79. The van der Waals surface area contributed by atoms with E-state index in [4.69, 9.17) is 35.9 Å². The number of rotatable bonds is 7. The van der Waals surface area contributed by atoms with E-state index in [1.807, 2.05) is 13.8 Å². The first-order chi connectivity index (χ1) is 15.9. The number of ether oxygens (including phenoxy) is 2. The van der Waals surface area contributed by atoms with Gasteiger partial charge in [0.2, 0.25) is 0 Å². The Morgan fingerprint density at radius 2 is 2.12 bits per heavy atom. The average molecular weight is 517 g/mol. The van der Waals surface area contributed by atoms with Crippen LogP contribution in [0.2, 0.25) is 0 Å². The van der Waals surface area contributed by atoms with Crippen molar-refractivity contribution in [2.24, 2.45) is 11.8 Å². The van der Waals surface area contributed by atoms with Crippen LogP contribution in [0.5, 0.6) is 0 Å². The third-order valence-corrected chi connectivity index (χ3v) is 8.03. The summed E-state index contributed by atoms with van der Waals surface area (Å²) in [5, 5.41) is 2.93. The lowest BCUT2D eigenvalue weighted by Crippen LogP contribution is -2.47. The van der Waals surface area contributed by atoms with Crippen molar-refractivity contribution in [2.45, 2.75) is 64.0 Å². The van der Waals surface area contributed by atoms with Crippen LogP contribution in [0.4, 0.5) is 5.82 Å². The van der Waals surface area contributed by atoms with Crippen LogP contribution in [0, 0.1) is 11.8 Å². The quantitative estimate of drug-likeness (QED) is 0.317. The number of aromatic nitrogens is 4. The van der Waals surface area contributed by atoms with Gasteiger partial charge >= 0.3 is 13.7 Å². The first kappa shape index (κ1) is 25.3. The fourth-order valence-corrected chi connectivity index (χ4v) is 6.27. The number of nitrogens with one attached hydrogen (secondary N) is 1. The van der Waals surface area contributed by atoms with Gasteiger partial charge in [0.25, 0.3) is 0 Å². The van der Waals surface area contributed by atoms with Gasteiger partial charge in [-0.3, -0.25) is 18.4 Å². The molecule has 0 radical (unpaired) electrons. The van der Waals surface area contributed by atoms with Gasteiger partial charge in [0, 0.05) is 0 Å². The third-order valence-electron chi connectivity index (χ3n) is 5.99. The molecule has 4 heterocycles. The standard InChI is InChI=1S/C20H30ClN6O6P/c1-10(2)12(6-30-18(28)11(3)4)26-34(29)31-7-13-15(33-34)20(5,21)19(32-13)27-9-25-14-16(22)23-8-24-17(14)27/h8-13,15,19H,6-7H2,1-5H3,(H,26,29)(H2,22,23,24)/t12-,13-,15-,19-,20-,34?/m1/s1. The highest BCUT2D eigenvalue weighted by Crippen LogP contribution is 2.58. The number of anilines is 1. The predicted octanol–water partition coefficient (Wildman–Crippen LogP) is 2.64. The largest absolute Gasteiger partial charge is 0.464 e. The van der Waals surface area contributed by atoms with E-state index < -0.39 is 37.1 Å². The van der Waals surface area contributed by atoms with Crippen molar-refractivity contribution in [3.05, 3.63) is 12.7 Å². The Morgan fingerprint density at radius 3 is 2.79 bits per heavy atom. The van der Waals surface area contributed by atoms with Crippen LogP contribution >= 0.6 is 19.3 Å². The van der Waals surface area contributed by atoms with E-state index in [0.29, 0.717) is 11.2 Å². The summed E-state index contributed by atoms with van der Waals surface area (Å²) in [6, 6.07) is -0.456. The van der Waals surface area contributed by atoms with Crippen molar-refractivity contribution >= 4 is 42.3 Å². The van der Waals surface area contributed by atoms with E-state index in [1.54, 1.807) is 25.3 Å². The summed E-state index contributed by atoms with van der Waals surface area (Å²) in [5.41, 5.74) is 6.78. The molecule has 1 unspecified atom stereocenters. The van der Waals surface area contributed by atoms with Crippen LogP contribution in [-0.4, -0.2) is 61.8 Å². The number of hydrogen-bond donors (Lipinski definition) is 2. The lowest BCUT2D eigenvalue weighted by Gasteiger charge is -2.37. The second-order valence-electron chi connectivity index (χ2n) is 9.34. The molecule has 34 heavy (non-hydrogen) atoms. The molecular formula is C20H30ClN6O6P. The van der Waals surface area contributed by atoms with Gasteiger partial charge in [0.15, 0.2) is 17.7 Å². The molecule has 0 aliphatic carbocycles. The van der Waals surface area contributed by atoms with Gasteiger partial charge in [0.1, 0.15) is 35.5 Å². The molecule has 188 valence electrons. The lowest BCUT2D eigenvalue weighted by molar-refractivity contribution is -0.148. The molecule has 2 fully saturated rings. The number of nitrogen functional groups attached to an aromatic ring is 1. The topological polar surface area (TPSA) is 153 Å². The molecule has 3 N–H and O–H groups in total. The lowest BCUT2D eigenvalue weighted by atomic mass is 10.0. The SMILES string of the molecule is CC(C)C(=O)OC[C@@H](NP1(=O)OC[C@H]2O[C@@H](n3cnc4c(N)ncnc43)[C@](C)(Cl)[C@@H]2O1)C(C)C. The number of nitrogens with two attached hydrogens (primary N) is 1. The van der Waals surface area contributed by atoms with Crippen LogP contribution in [0.15, 0.2) is 12.7 Å². The number of nitrogens with zero attached hydrogens (tertiary/aromatic N) is 4. The van der Waals surface area contributed by atoms with Gasteiger partial charge in [-0.25, -0.2) is 24.6 Å². The van der Waals surface area contributed by atoms with E-state index in [-0.39, 0.29) is 36.8 Å². The van der Waals surface area contributed by atoms with Crippen molar-refractivity contribution in [1.82, 2.24) is 24.6 Å². The van der Waals surface area contributed by atoms with E-state index >= 15 is 0 Å². The molecule has 0 spiro atoms. The normalized spacial score (nSPS) is 32.3. The maximum absolute atomic E-state index is 13.5. The highest BCUT2D eigenvalue weighted by atomic mass is 35.5. The number of imidazole rings is 1. The number of alkyl halides is 1. The van der Waals surface area contributed by atoms with Gasteiger partial charge in [0.05, 0.1) is 24.9 Å². The monoisotopic (exact) mass is 516 g/mol. The summed E-state index contributed by atoms with van der Waals surface area (Å²) >= 11 is 6.96. The first-order valence-corrected chi connectivity index (χ1v) is 13.0. The number of esters is 1. The number of halogens is 1. The molecule has 2 saturated heterocycles. The molecule has 0 bridgehead atoms. The van der Waals surface area contributed by atoms with Crippen LogP contribution in [0.1, 0.15) is 40.8 Å². The molecule has 0 aromatic carbocycles. The minimum Gasteiger partial charge on any atom is -0.464 e. The Morgan fingerprint density at radius 1 is 1.38 bits per heavy atom. The minimum absolute atomic E-state index is 0.00585. The highest BCUT2D eigenvalue weighted by Gasteiger charge is 2.60. The van der Waals surface area contributed by atoms with Crippen molar-refractivity contribution in [2.75, 3.05) is 18.9 Å². The van der Waals surface area contributed by atoms with Crippen molar-refractivity contribution in [3.8, 4) is 0 Å². The zero-order chi connectivity index (χ0) is 24.8. The van der Waals surface area contributed by atoms with Gasteiger partial charge < -0.3 is 15.2 Å². The smallest absolute Gasteiger partial charge is 0.406 e. The predicted molar refractivity (Wildman–Crippen MR) is 124 cm³/mol. The van der Waals surface area contributed by atoms with Crippen molar-refractivity contribution in [1.29, 1.82) is 0 Å². The fourth-order valence-electron chi connectivity index (χ4n) is 3.89. The summed E-state index contributed by atoms with van der Waals surface area (Å²) in [4.78, 5) is 23.2. The number of hydrogen-bond acceptors (Lipinski definition) is 10. The molecular weight excluding hydrogens is 487 g/mol. The maximum atomic E-state index is 13.5. The molecule has 4 rings (SSSR count). The fraction of sp³-hybridized carbons (Fsp3) is 0.700. The van der Waals surface area contributed by atoms with Gasteiger partial charge in [-0.2, -0.15) is 0 Å². The highest BCUT2D eigenvalue weighted by molar-refractivity contribution is 7.51. The van der Waals surface area contributed by atoms with Crippen molar-refractivity contribution in [3.63, 3.8) is 0 Å². The second-order valence-corrected chi connectivity index (χ2v) is 11.9. The summed E-state index contributed by atoms with van der Waals surface area (Å²) in [6.45, 7) is 9.08. The Bertz CT molecular complexity index is 1110. The third kappa shape index (κ3) is 4.67. The van der Waals surface area contributed by atoms with Crippen LogP contribution in [0.25, 0.3) is 11.2 Å². The van der Waals surface area contributed by atoms with Crippen LogP contribution in [0.3, 0.4) is 0 Å². The van der Waals surface area contributed by atoms with E-state index in [0.717, 1.165) is 0 Å². The van der Waals surface area contributed by atoms with E-state index in [2.05, 4.69) is 20.0 Å². The second kappa shape index (κ2) is 9.33. The first-order valence-electron chi connectivity index (χ1n) is 11.1. The summed E-state index contributed by atoms with van der Waals surface area (Å²) < 4.78 is 38.2. The minimum atomic E-state index is -3.79. The van der Waals surface area contributed by atoms with Crippen LogP contribution < -0.4 is 10.8 Å². The Labute approximate surface area is 202 Å². The van der Waals surface area contributed by atoms with Crippen molar-refractivity contribution < 1.29 is 27.9 Å². The van der Waals surface area contributed by atoms with E-state index in [1.165, 1.54) is 12.7 Å². The molecule has 14 heteroatoms. The van der Waals surface area contributed by atoms with Gasteiger partial charge in [-0.05, 0) is 12.8 Å². The molecule has 6 atom stereocenters. The Balaban J connectivity index is 1.52. The molecule has 2 aromatic heterocycles. The molecule has 0 amide bonds. The molecule has 2 aliphatic heterocycles. The average Bonchev–Trinajstić information content (AvgIpc) is 3.30. The number of carbonyl (C=O) groups excluding carboxylic acids is 1. The summed E-state index contributed by atoms with van der Waals surface area (Å²) in [6.07, 6.45) is 0.762. The number of carbonyl (C=O) groups is 1. The zero-order valence-corrected chi connectivity index (χ0v) is 21.3. The molecule has 2 aliphatic rings. The zero-order valence-electron chi connectivity index (χ0n) is 19.7.